The first kappa shape index (κ1) is 9.39. The Morgan fingerprint density at radius 1 is 1.47 bits per heavy atom. The highest BCUT2D eigenvalue weighted by atomic mass is 16.4. The molecule has 0 aromatic carbocycles. The Balaban J connectivity index is 2.85. The summed E-state index contributed by atoms with van der Waals surface area (Å²) in [6.45, 7) is 1.63. The normalized spacial score (nSPS) is 10.5. The van der Waals surface area contributed by atoms with Gasteiger partial charge in [0.05, 0.1) is 5.56 Å². The fourth-order valence-electron chi connectivity index (χ4n) is 1.30. The van der Waals surface area contributed by atoms with Crippen LogP contribution in [0.3, 0.4) is 0 Å². The first-order valence-corrected chi connectivity index (χ1v) is 4.31. The summed E-state index contributed by atoms with van der Waals surface area (Å²) in [6, 6.07) is 2.92. The van der Waals surface area contributed by atoms with Crippen molar-refractivity contribution in [2.45, 2.75) is 6.92 Å². The predicted molar refractivity (Wildman–Crippen MR) is 53.2 cm³/mol. The molecule has 2 aromatic heterocycles. The fourth-order valence-corrected chi connectivity index (χ4v) is 1.30. The van der Waals surface area contributed by atoms with Crippen molar-refractivity contribution in [1.82, 2.24) is 9.38 Å². The van der Waals surface area contributed by atoms with Gasteiger partial charge in [0.25, 0.3) is 5.56 Å². The second kappa shape index (κ2) is 3.20. The SMILES string of the molecule is Cc1cnc2ccc(C(=O)O)cn2c1=O. The predicted octanol–water partition coefficient (Wildman–Crippen LogP) is 0.701. The number of aryl methyl sites for hydroxylation is 1. The van der Waals surface area contributed by atoms with E-state index in [1.807, 2.05) is 0 Å². The van der Waals surface area contributed by atoms with Crippen LogP contribution in [-0.4, -0.2) is 20.5 Å². The topological polar surface area (TPSA) is 71.7 Å². The molecule has 2 rings (SSSR count). The summed E-state index contributed by atoms with van der Waals surface area (Å²) < 4.78 is 1.23. The van der Waals surface area contributed by atoms with Crippen molar-refractivity contribution < 1.29 is 9.90 Å². The van der Waals surface area contributed by atoms with E-state index < -0.39 is 5.97 Å². The Kier molecular flexibility index (Phi) is 2.00. The first-order valence-electron chi connectivity index (χ1n) is 4.31. The first-order chi connectivity index (χ1) is 7.09. The van der Waals surface area contributed by atoms with Gasteiger partial charge in [-0.1, -0.05) is 0 Å². The van der Waals surface area contributed by atoms with E-state index in [2.05, 4.69) is 4.98 Å². The van der Waals surface area contributed by atoms with Gasteiger partial charge in [-0.2, -0.15) is 0 Å². The van der Waals surface area contributed by atoms with Gasteiger partial charge in [0.1, 0.15) is 5.65 Å². The summed E-state index contributed by atoms with van der Waals surface area (Å²) in [6.07, 6.45) is 2.75. The minimum Gasteiger partial charge on any atom is -0.478 e. The minimum atomic E-state index is -1.06. The average Bonchev–Trinajstić information content (AvgIpc) is 2.23. The van der Waals surface area contributed by atoms with Gasteiger partial charge in [0.15, 0.2) is 0 Å². The molecule has 2 aromatic rings. The van der Waals surface area contributed by atoms with Gasteiger partial charge >= 0.3 is 5.97 Å². The summed E-state index contributed by atoms with van der Waals surface area (Å²) in [7, 11) is 0. The number of hydrogen-bond donors (Lipinski definition) is 1. The minimum absolute atomic E-state index is 0.0667. The number of nitrogens with zero attached hydrogens (tertiary/aromatic N) is 2. The zero-order valence-electron chi connectivity index (χ0n) is 7.97. The Hall–Kier alpha value is -2.17. The Labute approximate surface area is 84.6 Å². The zero-order chi connectivity index (χ0) is 11.0. The molecule has 15 heavy (non-hydrogen) atoms. The molecule has 0 radical (unpaired) electrons. The number of carbonyl (C=O) groups is 1. The van der Waals surface area contributed by atoms with E-state index in [-0.39, 0.29) is 11.1 Å². The zero-order valence-corrected chi connectivity index (χ0v) is 7.97. The smallest absolute Gasteiger partial charge is 0.337 e. The van der Waals surface area contributed by atoms with E-state index in [4.69, 9.17) is 5.11 Å². The number of fused-ring (bicyclic) bond motifs is 1. The number of hydrogen-bond acceptors (Lipinski definition) is 3. The van der Waals surface area contributed by atoms with Crippen molar-refractivity contribution in [3.05, 3.63) is 46.0 Å². The molecule has 5 heteroatoms. The van der Waals surface area contributed by atoms with Gasteiger partial charge in [-0.3, -0.25) is 9.20 Å². The fraction of sp³-hybridized carbons (Fsp3) is 0.100. The Morgan fingerprint density at radius 2 is 2.20 bits per heavy atom. The van der Waals surface area contributed by atoms with Crippen molar-refractivity contribution in [3.8, 4) is 0 Å². The molecule has 0 amide bonds. The molecule has 0 aliphatic carbocycles. The van der Waals surface area contributed by atoms with Crippen molar-refractivity contribution >= 4 is 11.6 Å². The molecule has 0 saturated heterocycles. The summed E-state index contributed by atoms with van der Waals surface area (Å²) >= 11 is 0. The molecule has 0 aliphatic rings. The number of pyridine rings is 1. The molecule has 0 saturated carbocycles. The Morgan fingerprint density at radius 3 is 2.87 bits per heavy atom. The number of rotatable bonds is 1. The highest BCUT2D eigenvalue weighted by molar-refractivity contribution is 5.87. The molecule has 1 N–H and O–H groups in total. The van der Waals surface area contributed by atoms with Gasteiger partial charge in [0.2, 0.25) is 0 Å². The number of carboxylic acids is 1. The summed E-state index contributed by atoms with van der Waals surface area (Å²) in [5.41, 5.74) is 0.741. The Bertz CT molecular complexity index is 601. The van der Waals surface area contributed by atoms with E-state index in [0.717, 1.165) is 0 Å². The monoisotopic (exact) mass is 204 g/mol. The molecule has 5 nitrogen and oxygen atoms in total. The van der Waals surface area contributed by atoms with Gasteiger partial charge in [-0.25, -0.2) is 9.78 Å². The van der Waals surface area contributed by atoms with Crippen LogP contribution in [0.25, 0.3) is 5.65 Å². The molecule has 0 fully saturated rings. The lowest BCUT2D eigenvalue weighted by Gasteiger charge is -2.01. The van der Waals surface area contributed by atoms with E-state index in [9.17, 15) is 9.59 Å². The lowest BCUT2D eigenvalue weighted by molar-refractivity contribution is 0.0696. The van der Waals surface area contributed by atoms with Crippen LogP contribution >= 0.6 is 0 Å². The number of carboxylic acid groups (broad SMARTS) is 1. The molecule has 0 aliphatic heterocycles. The quantitative estimate of drug-likeness (QED) is 0.742. The van der Waals surface area contributed by atoms with Crippen LogP contribution < -0.4 is 5.56 Å². The van der Waals surface area contributed by atoms with Gasteiger partial charge < -0.3 is 5.11 Å². The van der Waals surface area contributed by atoms with Crippen molar-refractivity contribution in [1.29, 1.82) is 0 Å². The van der Waals surface area contributed by atoms with Crippen LogP contribution in [-0.2, 0) is 0 Å². The molecule has 2 heterocycles. The molecular weight excluding hydrogens is 196 g/mol. The number of aromatic nitrogens is 2. The largest absolute Gasteiger partial charge is 0.478 e. The van der Waals surface area contributed by atoms with Crippen molar-refractivity contribution in [3.63, 3.8) is 0 Å². The average molecular weight is 204 g/mol. The molecule has 0 bridgehead atoms. The lowest BCUT2D eigenvalue weighted by Crippen LogP contribution is -2.18. The summed E-state index contributed by atoms with van der Waals surface area (Å²) in [5.74, 6) is -1.06. The lowest BCUT2D eigenvalue weighted by atomic mass is 10.3. The van der Waals surface area contributed by atoms with Gasteiger partial charge in [0, 0.05) is 18.0 Å². The van der Waals surface area contributed by atoms with E-state index in [0.29, 0.717) is 11.2 Å². The molecule has 0 atom stereocenters. The van der Waals surface area contributed by atoms with Crippen LogP contribution in [0.5, 0.6) is 0 Å². The van der Waals surface area contributed by atoms with Gasteiger partial charge in [-0.05, 0) is 19.1 Å². The second-order valence-corrected chi connectivity index (χ2v) is 3.20. The van der Waals surface area contributed by atoms with Crippen LogP contribution in [0.4, 0.5) is 0 Å². The molecule has 0 spiro atoms. The standard InChI is InChI=1S/C10H8N2O3/c1-6-4-11-8-3-2-7(10(14)15)5-12(8)9(6)13/h2-5H,1H3,(H,14,15). The molecule has 0 unspecified atom stereocenters. The number of aromatic carboxylic acids is 1. The van der Waals surface area contributed by atoms with Crippen molar-refractivity contribution in [2.24, 2.45) is 0 Å². The van der Waals surface area contributed by atoms with Gasteiger partial charge in [-0.15, -0.1) is 0 Å². The third kappa shape index (κ3) is 1.48. The molecular formula is C10H8N2O3. The maximum atomic E-state index is 11.6. The maximum Gasteiger partial charge on any atom is 0.337 e. The van der Waals surface area contributed by atoms with Crippen LogP contribution in [0.2, 0.25) is 0 Å². The maximum absolute atomic E-state index is 11.6. The summed E-state index contributed by atoms with van der Waals surface area (Å²) in [4.78, 5) is 26.4. The highest BCUT2D eigenvalue weighted by Crippen LogP contribution is 2.02. The van der Waals surface area contributed by atoms with Crippen LogP contribution in [0.15, 0.2) is 29.3 Å². The van der Waals surface area contributed by atoms with E-state index in [1.54, 1.807) is 6.92 Å². The van der Waals surface area contributed by atoms with E-state index in [1.165, 1.54) is 28.9 Å². The van der Waals surface area contributed by atoms with E-state index >= 15 is 0 Å². The third-order valence-corrected chi connectivity index (χ3v) is 2.12. The third-order valence-electron chi connectivity index (χ3n) is 2.12. The summed E-state index contributed by atoms with van der Waals surface area (Å²) in [5, 5.41) is 8.77. The second-order valence-electron chi connectivity index (χ2n) is 3.20. The van der Waals surface area contributed by atoms with Crippen LogP contribution in [0.1, 0.15) is 15.9 Å². The van der Waals surface area contributed by atoms with Crippen LogP contribution in [0, 0.1) is 6.92 Å². The highest BCUT2D eigenvalue weighted by Gasteiger charge is 2.06. The molecule has 76 valence electrons. The van der Waals surface area contributed by atoms with Crippen molar-refractivity contribution in [2.75, 3.05) is 0 Å².